The van der Waals surface area contributed by atoms with Crippen molar-refractivity contribution < 1.29 is 0 Å². The Balaban J connectivity index is 2.53. The average molecular weight is 220 g/mol. The standard InChI is InChI=1S/C10H7ClN4/c11-9-7(2-1-3-14-9)8-4-6(5-12)10(13)15-8/h1-5,12-13H/p+1. The third-order valence-corrected chi connectivity index (χ3v) is 2.32. The largest absolute Gasteiger partial charge is 0.375 e. The molecule has 0 amide bonds. The number of amidine groups is 1. The van der Waals surface area contributed by atoms with Gasteiger partial charge in [0, 0.05) is 18.5 Å². The maximum Gasteiger partial charge on any atom is 0.375 e. The number of rotatable bonds is 2. The van der Waals surface area contributed by atoms with Crippen molar-refractivity contribution in [2.24, 2.45) is 5.73 Å². The third-order valence-electron chi connectivity index (χ3n) is 2.02. The van der Waals surface area contributed by atoms with Crippen molar-refractivity contribution in [1.29, 1.82) is 5.41 Å². The number of aromatic nitrogens is 1. The predicted octanol–water partition coefficient (Wildman–Crippen LogP) is 0.538. The Morgan fingerprint density at radius 3 is 2.93 bits per heavy atom. The second-order valence-electron chi connectivity index (χ2n) is 2.97. The van der Waals surface area contributed by atoms with E-state index < -0.39 is 0 Å². The van der Waals surface area contributed by atoms with Crippen LogP contribution in [0.2, 0.25) is 5.15 Å². The smallest absolute Gasteiger partial charge is 0.308 e. The topological polar surface area (TPSA) is 76.9 Å². The molecule has 0 fully saturated rings. The van der Waals surface area contributed by atoms with E-state index in [4.69, 9.17) is 22.7 Å². The van der Waals surface area contributed by atoms with E-state index in [1.807, 2.05) is 6.07 Å². The van der Waals surface area contributed by atoms with Crippen molar-refractivity contribution in [3.8, 4) is 0 Å². The summed E-state index contributed by atoms with van der Waals surface area (Å²) in [5, 5.41) is 7.50. The van der Waals surface area contributed by atoms with Gasteiger partial charge >= 0.3 is 5.84 Å². The zero-order valence-electron chi connectivity index (χ0n) is 7.74. The van der Waals surface area contributed by atoms with Crippen molar-refractivity contribution in [3.05, 3.63) is 40.7 Å². The van der Waals surface area contributed by atoms with Crippen LogP contribution >= 0.6 is 11.6 Å². The molecule has 15 heavy (non-hydrogen) atoms. The summed E-state index contributed by atoms with van der Waals surface area (Å²) >= 11 is 5.91. The molecule has 4 nitrogen and oxygen atoms in total. The molecule has 3 N–H and O–H groups in total. The number of hydrogen-bond acceptors (Lipinski definition) is 3. The van der Waals surface area contributed by atoms with Gasteiger partial charge in [-0.15, -0.1) is 0 Å². The van der Waals surface area contributed by atoms with Crippen molar-refractivity contribution in [2.45, 2.75) is 0 Å². The number of pyridine rings is 1. The summed E-state index contributed by atoms with van der Waals surface area (Å²) in [6, 6.07) is 3.58. The van der Waals surface area contributed by atoms with Gasteiger partial charge in [-0.05, 0) is 12.1 Å². The zero-order valence-corrected chi connectivity index (χ0v) is 8.49. The summed E-state index contributed by atoms with van der Waals surface area (Å²) in [5.74, 6) is 0.333. The summed E-state index contributed by atoms with van der Waals surface area (Å²) in [5.41, 5.74) is 7.57. The number of allylic oxidation sites excluding steroid dienone is 1. The molecular formula is C10H8ClN4+. The molecule has 5 heteroatoms. The first kappa shape index (κ1) is 9.65. The molecule has 0 radical (unpaired) electrons. The Labute approximate surface area is 91.3 Å². The van der Waals surface area contributed by atoms with Crippen LogP contribution in [-0.2, 0) is 0 Å². The molecule has 0 unspecified atom stereocenters. The molecule has 0 saturated heterocycles. The van der Waals surface area contributed by atoms with E-state index in [1.54, 1.807) is 18.3 Å². The first-order chi connectivity index (χ1) is 7.22. The summed E-state index contributed by atoms with van der Waals surface area (Å²) in [4.78, 5) is 3.95. The zero-order chi connectivity index (χ0) is 10.8. The molecule has 0 bridgehead atoms. The van der Waals surface area contributed by atoms with Crippen molar-refractivity contribution >= 4 is 29.4 Å². The average Bonchev–Trinajstić information content (AvgIpc) is 2.60. The van der Waals surface area contributed by atoms with Gasteiger partial charge in [-0.3, -0.25) is 5.73 Å². The van der Waals surface area contributed by atoms with Gasteiger partial charge in [0.1, 0.15) is 10.7 Å². The summed E-state index contributed by atoms with van der Waals surface area (Å²) in [7, 11) is 0. The van der Waals surface area contributed by atoms with Gasteiger partial charge < -0.3 is 5.41 Å². The van der Waals surface area contributed by atoms with E-state index >= 15 is 0 Å². The summed E-state index contributed by atoms with van der Waals surface area (Å²) < 4.78 is 4.11. The van der Waals surface area contributed by atoms with Crippen LogP contribution in [-0.4, -0.2) is 22.7 Å². The quantitative estimate of drug-likeness (QED) is 0.433. The van der Waals surface area contributed by atoms with E-state index in [0.29, 0.717) is 22.3 Å². The summed E-state index contributed by atoms with van der Waals surface area (Å²) in [6.45, 7) is 0. The number of nitrogens with one attached hydrogen (secondary N) is 1. The van der Waals surface area contributed by atoms with Crippen LogP contribution in [0.25, 0.3) is 0 Å². The van der Waals surface area contributed by atoms with Gasteiger partial charge in [0.25, 0.3) is 0 Å². The Morgan fingerprint density at radius 1 is 1.53 bits per heavy atom. The van der Waals surface area contributed by atoms with E-state index in [1.165, 1.54) is 0 Å². The highest BCUT2D eigenvalue weighted by Gasteiger charge is 2.21. The Morgan fingerprint density at radius 2 is 2.33 bits per heavy atom. The van der Waals surface area contributed by atoms with E-state index in [2.05, 4.69) is 9.65 Å². The second kappa shape index (κ2) is 3.69. The normalized spacial score (nSPS) is 14.3. The maximum atomic E-state index is 7.12. The number of nitrogens with zero attached hydrogens (tertiary/aromatic N) is 2. The first-order valence-corrected chi connectivity index (χ1v) is 4.64. The van der Waals surface area contributed by atoms with Crippen LogP contribution in [0.1, 0.15) is 5.56 Å². The molecule has 0 spiro atoms. The lowest BCUT2D eigenvalue weighted by molar-refractivity contribution is 1.31. The van der Waals surface area contributed by atoms with Crippen molar-refractivity contribution in [3.63, 3.8) is 0 Å². The first-order valence-electron chi connectivity index (χ1n) is 4.27. The summed E-state index contributed by atoms with van der Waals surface area (Å²) in [6.07, 6.45) is 4.48. The second-order valence-corrected chi connectivity index (χ2v) is 3.33. The van der Waals surface area contributed by atoms with Crippen LogP contribution in [0.3, 0.4) is 0 Å². The van der Waals surface area contributed by atoms with Crippen molar-refractivity contribution in [2.75, 3.05) is 0 Å². The molecule has 1 aromatic heterocycles. The van der Waals surface area contributed by atoms with Gasteiger partial charge in [-0.2, -0.15) is 0 Å². The minimum Gasteiger partial charge on any atom is -0.308 e. The van der Waals surface area contributed by atoms with Gasteiger partial charge in [0.15, 0.2) is 0 Å². The molecule has 0 atom stereocenters. The molecule has 0 aliphatic carbocycles. The molecule has 0 saturated carbocycles. The maximum absolute atomic E-state index is 7.12. The van der Waals surface area contributed by atoms with Crippen LogP contribution in [0.4, 0.5) is 0 Å². The van der Waals surface area contributed by atoms with Crippen LogP contribution in [0, 0.1) is 5.41 Å². The predicted molar refractivity (Wildman–Crippen MR) is 61.6 cm³/mol. The number of hydrogen-bond donors (Lipinski definition) is 2. The SMILES string of the molecule is N=CC1=CC(c2cccnc2Cl)=[N+]=C1N. The number of nitrogens with two attached hydrogens (primary N) is 1. The lowest BCUT2D eigenvalue weighted by Crippen LogP contribution is -2.15. The van der Waals surface area contributed by atoms with E-state index in [-0.39, 0.29) is 0 Å². The highest BCUT2D eigenvalue weighted by atomic mass is 35.5. The number of halogens is 1. The Kier molecular flexibility index (Phi) is 2.37. The van der Waals surface area contributed by atoms with Crippen LogP contribution < -0.4 is 10.4 Å². The van der Waals surface area contributed by atoms with Crippen molar-refractivity contribution in [1.82, 2.24) is 9.65 Å². The molecule has 0 aromatic carbocycles. The van der Waals surface area contributed by atoms with Crippen LogP contribution in [0.15, 0.2) is 30.0 Å². The fourth-order valence-electron chi connectivity index (χ4n) is 1.28. The third kappa shape index (κ3) is 1.68. The molecule has 74 valence electrons. The minimum absolute atomic E-state index is 0.333. The minimum atomic E-state index is 0.333. The van der Waals surface area contributed by atoms with Gasteiger partial charge in [-0.25, -0.2) is 9.65 Å². The molecule has 1 aliphatic rings. The van der Waals surface area contributed by atoms with Gasteiger partial charge in [0.05, 0.1) is 5.56 Å². The van der Waals surface area contributed by atoms with Gasteiger partial charge in [-0.1, -0.05) is 11.6 Å². The Hall–Kier alpha value is -1.90. The van der Waals surface area contributed by atoms with Gasteiger partial charge in [0.2, 0.25) is 5.71 Å². The monoisotopic (exact) mass is 219 g/mol. The lowest BCUT2D eigenvalue weighted by Gasteiger charge is -1.94. The van der Waals surface area contributed by atoms with Crippen LogP contribution in [0.5, 0.6) is 0 Å². The fraction of sp³-hybridized carbons (Fsp3) is 0. The fourth-order valence-corrected chi connectivity index (χ4v) is 1.49. The molecule has 2 rings (SSSR count). The molecule has 2 heterocycles. The van der Waals surface area contributed by atoms with E-state index in [9.17, 15) is 0 Å². The van der Waals surface area contributed by atoms with E-state index in [0.717, 1.165) is 11.8 Å². The highest BCUT2D eigenvalue weighted by Crippen LogP contribution is 2.14. The highest BCUT2D eigenvalue weighted by molar-refractivity contribution is 6.35. The molecular weight excluding hydrogens is 212 g/mol. The molecule has 1 aliphatic heterocycles. The Bertz CT molecular complexity index is 524. The lowest BCUT2D eigenvalue weighted by atomic mass is 10.1. The molecule has 1 aromatic rings.